The molecule has 6 amide bonds. The minimum absolute atomic E-state index is 0.0256. The lowest BCUT2D eigenvalue weighted by atomic mass is 9.97. The molecule has 16 heteroatoms. The molecule has 0 fully saturated rings. The average molecular weight is 873 g/mol. The fourth-order valence-corrected chi connectivity index (χ4v) is 6.44. The van der Waals surface area contributed by atoms with Gasteiger partial charge in [0.1, 0.15) is 49.0 Å². The molecule has 0 spiro atoms. The van der Waals surface area contributed by atoms with Crippen LogP contribution in [0.1, 0.15) is 100 Å². The number of nitrogens with zero attached hydrogens (tertiary/aromatic N) is 4. The molecule has 0 bridgehead atoms. The Labute approximate surface area is 370 Å². The van der Waals surface area contributed by atoms with Gasteiger partial charge in [-0.3, -0.25) is 33.7 Å². The Kier molecular flexibility index (Phi) is 23.5. The van der Waals surface area contributed by atoms with Gasteiger partial charge in [-0.1, -0.05) is 84.0 Å². The summed E-state index contributed by atoms with van der Waals surface area (Å²) < 4.78 is 16.5. The van der Waals surface area contributed by atoms with Crippen LogP contribution < -0.4 is 10.6 Å². The molecule has 0 unspecified atom stereocenters. The van der Waals surface area contributed by atoms with Crippen LogP contribution >= 0.6 is 0 Å². The molecule has 350 valence electrons. The molecular weight excluding hydrogens is 797 g/mol. The average Bonchev–Trinajstić information content (AvgIpc) is 3.20. The second-order valence-corrected chi connectivity index (χ2v) is 17.8. The van der Waals surface area contributed by atoms with E-state index in [1.807, 2.05) is 65.0 Å². The van der Waals surface area contributed by atoms with Gasteiger partial charge in [0.25, 0.3) is 0 Å². The minimum atomic E-state index is -1.22. The Bertz CT molecular complexity index is 1630. The Balaban J connectivity index is 3.57. The first-order chi connectivity index (χ1) is 28.9. The van der Waals surface area contributed by atoms with Gasteiger partial charge in [-0.2, -0.15) is 0 Å². The quantitative estimate of drug-likeness (QED) is 0.0801. The van der Waals surface area contributed by atoms with Crippen LogP contribution in [0.2, 0.25) is 0 Å². The molecule has 0 aliphatic heterocycles. The molecule has 2 N–H and O–H groups in total. The van der Waals surface area contributed by atoms with E-state index in [0.717, 1.165) is 23.3 Å². The molecule has 6 atom stereocenters. The Morgan fingerprint density at radius 2 is 1.32 bits per heavy atom. The van der Waals surface area contributed by atoms with Crippen molar-refractivity contribution in [2.24, 2.45) is 11.8 Å². The first-order valence-corrected chi connectivity index (χ1v) is 21.6. The standard InChI is InChI=1S/C46H76N6O10/c1-16-18-25-60-33(8)39(44(58)49(12)29-38(53)61-24-17-2)48-41(55)36(27-31(5)6)52(15)43(57)35(26-30(3)4)47-40(54)37(28-34-22-20-19-21-23-34)51(14)42(56)32(7)50(13)45(59)62-46(9,10)11/h17,19-23,30-33,35-37,39H,2,16,18,24-29H2,1,3-15H3,(H,47,54)(H,48,55)/t32-,33+,35-,36-,37+,39-/m0/s1. The molecule has 1 aromatic rings. The molecule has 0 aromatic heterocycles. The highest BCUT2D eigenvalue weighted by Gasteiger charge is 2.39. The van der Waals surface area contributed by atoms with E-state index >= 15 is 0 Å². The van der Waals surface area contributed by atoms with Crippen molar-refractivity contribution in [1.82, 2.24) is 30.2 Å². The molecule has 0 saturated heterocycles. The van der Waals surface area contributed by atoms with E-state index in [1.54, 1.807) is 34.6 Å². The van der Waals surface area contributed by atoms with E-state index in [-0.39, 0.29) is 44.2 Å². The first kappa shape index (κ1) is 55.0. The molecule has 0 saturated carbocycles. The van der Waals surface area contributed by atoms with E-state index in [2.05, 4.69) is 17.2 Å². The third-order valence-electron chi connectivity index (χ3n) is 10.2. The van der Waals surface area contributed by atoms with Gasteiger partial charge in [-0.15, -0.1) is 0 Å². The fourth-order valence-electron chi connectivity index (χ4n) is 6.44. The van der Waals surface area contributed by atoms with Crippen LogP contribution in [-0.4, -0.2) is 151 Å². The highest BCUT2D eigenvalue weighted by molar-refractivity contribution is 5.96. The third-order valence-corrected chi connectivity index (χ3v) is 10.2. The number of carbonyl (C=O) groups is 7. The van der Waals surface area contributed by atoms with Gasteiger partial charge < -0.3 is 39.5 Å². The van der Waals surface area contributed by atoms with Gasteiger partial charge in [-0.25, -0.2) is 4.79 Å². The summed E-state index contributed by atoms with van der Waals surface area (Å²) in [6.45, 7) is 21.4. The summed E-state index contributed by atoms with van der Waals surface area (Å²) in [4.78, 5) is 101. The number of esters is 1. The smallest absolute Gasteiger partial charge is 0.410 e. The molecule has 0 aliphatic carbocycles. The SMILES string of the molecule is C=CCOC(=O)CN(C)C(=O)[C@@H](NC(=O)[C@H](CC(C)C)N(C)C(=O)[C@H](CC(C)C)NC(=O)[C@@H](Cc1ccccc1)N(C)C(=O)[C@H](C)N(C)C(=O)OC(C)(C)C)[C@@H](C)OCCCC. The molecule has 0 radical (unpaired) electrons. The summed E-state index contributed by atoms with van der Waals surface area (Å²) in [5, 5.41) is 5.75. The molecule has 1 aromatic carbocycles. The van der Waals surface area contributed by atoms with E-state index in [9.17, 15) is 33.6 Å². The van der Waals surface area contributed by atoms with Gasteiger partial charge in [0, 0.05) is 41.2 Å². The second kappa shape index (κ2) is 26.5. The van der Waals surface area contributed by atoms with Gasteiger partial charge >= 0.3 is 12.1 Å². The zero-order valence-corrected chi connectivity index (χ0v) is 39.8. The molecule has 0 heterocycles. The van der Waals surface area contributed by atoms with Crippen LogP contribution in [0, 0.1) is 11.8 Å². The van der Waals surface area contributed by atoms with Crippen molar-refractivity contribution in [1.29, 1.82) is 0 Å². The monoisotopic (exact) mass is 873 g/mol. The minimum Gasteiger partial charge on any atom is -0.460 e. The number of nitrogens with one attached hydrogen (secondary N) is 2. The maximum absolute atomic E-state index is 14.6. The lowest BCUT2D eigenvalue weighted by molar-refractivity contribution is -0.151. The number of hydrogen-bond acceptors (Lipinski definition) is 10. The largest absolute Gasteiger partial charge is 0.460 e. The summed E-state index contributed by atoms with van der Waals surface area (Å²) in [6.07, 6.45) is 1.99. The summed E-state index contributed by atoms with van der Waals surface area (Å²) >= 11 is 0. The predicted octanol–water partition coefficient (Wildman–Crippen LogP) is 4.59. The van der Waals surface area contributed by atoms with Crippen molar-refractivity contribution in [3.8, 4) is 0 Å². The second-order valence-electron chi connectivity index (χ2n) is 17.8. The van der Waals surface area contributed by atoms with Crippen LogP contribution in [0.5, 0.6) is 0 Å². The topological polar surface area (TPSA) is 184 Å². The molecule has 1 rings (SSSR count). The van der Waals surface area contributed by atoms with Gasteiger partial charge in [0.15, 0.2) is 0 Å². The lowest BCUT2D eigenvalue weighted by Crippen LogP contribution is -2.61. The summed E-state index contributed by atoms with van der Waals surface area (Å²) in [7, 11) is 5.84. The zero-order valence-electron chi connectivity index (χ0n) is 39.8. The van der Waals surface area contributed by atoms with Gasteiger partial charge in [0.05, 0.1) is 6.10 Å². The van der Waals surface area contributed by atoms with Crippen molar-refractivity contribution in [2.45, 2.75) is 143 Å². The highest BCUT2D eigenvalue weighted by Crippen LogP contribution is 2.19. The van der Waals surface area contributed by atoms with Crippen LogP contribution in [0.3, 0.4) is 0 Å². The normalized spacial score (nSPS) is 14.3. The number of carbonyl (C=O) groups excluding carboxylic acids is 7. The molecule has 0 aliphatic rings. The lowest BCUT2D eigenvalue weighted by Gasteiger charge is -2.36. The fraction of sp³-hybridized carbons (Fsp3) is 0.674. The van der Waals surface area contributed by atoms with E-state index in [1.165, 1.54) is 49.0 Å². The number of ether oxygens (including phenoxy) is 3. The van der Waals surface area contributed by atoms with Crippen LogP contribution in [0.15, 0.2) is 43.0 Å². The van der Waals surface area contributed by atoms with Gasteiger partial charge in [0.2, 0.25) is 29.5 Å². The highest BCUT2D eigenvalue weighted by atomic mass is 16.6. The van der Waals surface area contributed by atoms with Crippen molar-refractivity contribution in [2.75, 3.05) is 47.9 Å². The zero-order chi connectivity index (χ0) is 47.5. The van der Waals surface area contributed by atoms with E-state index < -0.39 is 83.5 Å². The summed E-state index contributed by atoms with van der Waals surface area (Å²) in [6, 6.07) is 3.61. The van der Waals surface area contributed by atoms with Crippen LogP contribution in [0.4, 0.5) is 4.79 Å². The summed E-state index contributed by atoms with van der Waals surface area (Å²) in [5.41, 5.74) is -0.0378. The Morgan fingerprint density at radius 3 is 1.85 bits per heavy atom. The van der Waals surface area contributed by atoms with Crippen LogP contribution in [0.25, 0.3) is 0 Å². The Hall–Kier alpha value is -4.99. The van der Waals surface area contributed by atoms with Crippen LogP contribution in [-0.2, 0) is 49.4 Å². The number of amides is 6. The molecular formula is C46H76N6O10. The van der Waals surface area contributed by atoms with Crippen molar-refractivity contribution >= 4 is 41.6 Å². The molecule has 16 nitrogen and oxygen atoms in total. The maximum atomic E-state index is 14.6. The third kappa shape index (κ3) is 18.5. The van der Waals surface area contributed by atoms with E-state index in [4.69, 9.17) is 14.2 Å². The number of rotatable bonds is 25. The van der Waals surface area contributed by atoms with Crippen molar-refractivity contribution < 1.29 is 47.8 Å². The van der Waals surface area contributed by atoms with Gasteiger partial charge in [-0.05, 0) is 71.3 Å². The summed E-state index contributed by atoms with van der Waals surface area (Å²) in [5.74, 6) is -3.70. The van der Waals surface area contributed by atoms with Crippen molar-refractivity contribution in [3.05, 3.63) is 48.6 Å². The number of hydrogen-bond donors (Lipinski definition) is 2. The number of likely N-dealkylation sites (N-methyl/N-ethyl adjacent to an activating group) is 4. The number of unbranched alkanes of at least 4 members (excludes halogenated alkanes) is 1. The predicted molar refractivity (Wildman–Crippen MR) is 239 cm³/mol. The maximum Gasteiger partial charge on any atom is 0.410 e. The van der Waals surface area contributed by atoms with Crippen molar-refractivity contribution in [3.63, 3.8) is 0 Å². The number of benzene rings is 1. The van der Waals surface area contributed by atoms with E-state index in [0.29, 0.717) is 6.61 Å². The Morgan fingerprint density at radius 1 is 0.758 bits per heavy atom. The first-order valence-electron chi connectivity index (χ1n) is 21.6. The molecule has 62 heavy (non-hydrogen) atoms.